The first-order valence-corrected chi connectivity index (χ1v) is 7.01. The van der Waals surface area contributed by atoms with Crippen molar-refractivity contribution in [3.05, 3.63) is 23.8 Å². The van der Waals surface area contributed by atoms with E-state index in [1.807, 2.05) is 0 Å². The van der Waals surface area contributed by atoms with Crippen LogP contribution in [0.1, 0.15) is 17.3 Å². The van der Waals surface area contributed by atoms with Crippen molar-refractivity contribution in [3.63, 3.8) is 0 Å². The molecule has 1 aromatic rings. The summed E-state index contributed by atoms with van der Waals surface area (Å²) in [6, 6.07) is 3.94. The SMILES string of the molecule is CCOC(=O)[C@H](CS)NC(=O)c1ccc(OC)c(OC)c1. The van der Waals surface area contributed by atoms with Crippen LogP contribution in [-0.4, -0.2) is 44.5 Å². The zero-order chi connectivity index (χ0) is 15.8. The lowest BCUT2D eigenvalue weighted by Crippen LogP contribution is -2.43. The van der Waals surface area contributed by atoms with Gasteiger partial charge in [0.05, 0.1) is 20.8 Å². The van der Waals surface area contributed by atoms with E-state index in [9.17, 15) is 9.59 Å². The van der Waals surface area contributed by atoms with Crippen LogP contribution in [0.25, 0.3) is 0 Å². The van der Waals surface area contributed by atoms with Crippen LogP contribution >= 0.6 is 12.6 Å². The molecule has 21 heavy (non-hydrogen) atoms. The number of rotatable bonds is 7. The summed E-state index contributed by atoms with van der Waals surface area (Å²) in [5.41, 5.74) is 0.351. The van der Waals surface area contributed by atoms with Gasteiger partial charge in [-0.3, -0.25) is 4.79 Å². The molecule has 0 heterocycles. The monoisotopic (exact) mass is 313 g/mol. The van der Waals surface area contributed by atoms with Crippen LogP contribution < -0.4 is 14.8 Å². The van der Waals surface area contributed by atoms with Crippen LogP contribution in [0.2, 0.25) is 0 Å². The average molecular weight is 313 g/mol. The predicted molar refractivity (Wildman–Crippen MR) is 81.3 cm³/mol. The Kier molecular flexibility index (Phi) is 6.87. The van der Waals surface area contributed by atoms with Crippen molar-refractivity contribution < 1.29 is 23.8 Å². The molecule has 1 aromatic carbocycles. The number of carbonyl (C=O) groups is 2. The molecule has 1 amide bonds. The van der Waals surface area contributed by atoms with Crippen molar-refractivity contribution in [1.82, 2.24) is 5.32 Å². The molecule has 1 rings (SSSR count). The van der Waals surface area contributed by atoms with Gasteiger partial charge < -0.3 is 19.5 Å². The third-order valence-electron chi connectivity index (χ3n) is 2.70. The minimum absolute atomic E-state index is 0.151. The molecule has 0 aromatic heterocycles. The number of thiol groups is 1. The van der Waals surface area contributed by atoms with E-state index in [2.05, 4.69) is 17.9 Å². The Labute approximate surface area is 129 Å². The number of amides is 1. The number of carbonyl (C=O) groups excluding carboxylic acids is 2. The topological polar surface area (TPSA) is 73.9 Å². The molecule has 0 aliphatic heterocycles. The lowest BCUT2D eigenvalue weighted by Gasteiger charge is -2.15. The molecule has 6 nitrogen and oxygen atoms in total. The molecule has 1 N–H and O–H groups in total. The second-order valence-electron chi connectivity index (χ2n) is 4.03. The number of methoxy groups -OCH3 is 2. The second kappa shape index (κ2) is 8.41. The normalized spacial score (nSPS) is 11.4. The standard InChI is InChI=1S/C14H19NO5S/c1-4-20-14(17)10(8-21)15-13(16)9-5-6-11(18-2)12(7-9)19-3/h5-7,10,21H,4,8H2,1-3H3,(H,15,16)/t10-/m0/s1. The first-order valence-electron chi connectivity index (χ1n) is 6.37. The number of hydrogen-bond donors (Lipinski definition) is 2. The molecule has 0 spiro atoms. The molecule has 0 aliphatic carbocycles. The van der Waals surface area contributed by atoms with Gasteiger partial charge in [-0.05, 0) is 25.1 Å². The molecule has 116 valence electrons. The Morgan fingerprint density at radius 3 is 2.43 bits per heavy atom. The molecule has 0 saturated heterocycles. The predicted octanol–water partition coefficient (Wildman–Crippen LogP) is 1.30. The summed E-state index contributed by atoms with van der Waals surface area (Å²) in [7, 11) is 2.99. The van der Waals surface area contributed by atoms with Crippen LogP contribution in [0.5, 0.6) is 11.5 Å². The minimum Gasteiger partial charge on any atom is -0.493 e. The first kappa shape index (κ1) is 17.2. The highest BCUT2D eigenvalue weighted by Gasteiger charge is 2.21. The van der Waals surface area contributed by atoms with Gasteiger partial charge in [0.2, 0.25) is 0 Å². The maximum absolute atomic E-state index is 12.1. The van der Waals surface area contributed by atoms with E-state index in [0.29, 0.717) is 17.1 Å². The zero-order valence-corrected chi connectivity index (χ0v) is 13.1. The smallest absolute Gasteiger partial charge is 0.329 e. The highest BCUT2D eigenvalue weighted by atomic mass is 32.1. The number of ether oxygens (including phenoxy) is 3. The highest BCUT2D eigenvalue weighted by molar-refractivity contribution is 7.80. The first-order chi connectivity index (χ1) is 10.1. The van der Waals surface area contributed by atoms with Gasteiger partial charge in [-0.15, -0.1) is 0 Å². The summed E-state index contributed by atoms with van der Waals surface area (Å²) in [6.45, 7) is 1.94. The van der Waals surface area contributed by atoms with E-state index >= 15 is 0 Å². The van der Waals surface area contributed by atoms with Gasteiger partial charge >= 0.3 is 5.97 Å². The fourth-order valence-electron chi connectivity index (χ4n) is 1.64. The summed E-state index contributed by atoms with van der Waals surface area (Å²) in [4.78, 5) is 23.8. The summed E-state index contributed by atoms with van der Waals surface area (Å²) >= 11 is 4.04. The molecule has 0 aliphatic rings. The third-order valence-corrected chi connectivity index (χ3v) is 3.07. The number of nitrogens with one attached hydrogen (secondary N) is 1. The Morgan fingerprint density at radius 1 is 1.24 bits per heavy atom. The molecule has 0 fully saturated rings. The molecule has 1 atom stereocenters. The van der Waals surface area contributed by atoms with Crippen LogP contribution in [0, 0.1) is 0 Å². The van der Waals surface area contributed by atoms with E-state index in [4.69, 9.17) is 14.2 Å². The Morgan fingerprint density at radius 2 is 1.90 bits per heavy atom. The fourth-order valence-corrected chi connectivity index (χ4v) is 1.88. The highest BCUT2D eigenvalue weighted by Crippen LogP contribution is 2.27. The summed E-state index contributed by atoms with van der Waals surface area (Å²) in [6.07, 6.45) is 0. The number of benzene rings is 1. The third kappa shape index (κ3) is 4.56. The van der Waals surface area contributed by atoms with Crippen molar-refractivity contribution in [2.45, 2.75) is 13.0 Å². The molecule has 0 bridgehead atoms. The van der Waals surface area contributed by atoms with Gasteiger partial charge in [0.15, 0.2) is 11.5 Å². The Bertz CT molecular complexity index is 506. The van der Waals surface area contributed by atoms with E-state index in [1.54, 1.807) is 19.1 Å². The van der Waals surface area contributed by atoms with E-state index < -0.39 is 17.9 Å². The molecule has 0 saturated carbocycles. The lowest BCUT2D eigenvalue weighted by molar-refractivity contribution is -0.144. The second-order valence-corrected chi connectivity index (χ2v) is 4.40. The summed E-state index contributed by atoms with van der Waals surface area (Å²) < 4.78 is 15.1. The largest absolute Gasteiger partial charge is 0.493 e. The van der Waals surface area contributed by atoms with Crippen molar-refractivity contribution >= 4 is 24.5 Å². The maximum Gasteiger partial charge on any atom is 0.329 e. The van der Waals surface area contributed by atoms with Gasteiger partial charge in [0, 0.05) is 11.3 Å². The van der Waals surface area contributed by atoms with Gasteiger partial charge in [-0.2, -0.15) is 12.6 Å². The van der Waals surface area contributed by atoms with Crippen LogP contribution in [0.3, 0.4) is 0 Å². The maximum atomic E-state index is 12.1. The van der Waals surface area contributed by atoms with Crippen LogP contribution in [0.4, 0.5) is 0 Å². The van der Waals surface area contributed by atoms with Gasteiger partial charge in [0.25, 0.3) is 5.91 Å². The van der Waals surface area contributed by atoms with Crippen LogP contribution in [0.15, 0.2) is 18.2 Å². The van der Waals surface area contributed by atoms with Gasteiger partial charge in [0.1, 0.15) is 6.04 Å². The zero-order valence-electron chi connectivity index (χ0n) is 12.2. The molecular weight excluding hydrogens is 294 g/mol. The van der Waals surface area contributed by atoms with Crippen molar-refractivity contribution in [2.75, 3.05) is 26.6 Å². The average Bonchev–Trinajstić information content (AvgIpc) is 2.51. The van der Waals surface area contributed by atoms with E-state index in [-0.39, 0.29) is 12.4 Å². The molecular formula is C14H19NO5S. The number of hydrogen-bond acceptors (Lipinski definition) is 6. The number of esters is 1. The van der Waals surface area contributed by atoms with E-state index in [0.717, 1.165) is 0 Å². The molecule has 0 unspecified atom stereocenters. The quantitative estimate of drug-likeness (QED) is 0.586. The van der Waals surface area contributed by atoms with Crippen molar-refractivity contribution in [1.29, 1.82) is 0 Å². The summed E-state index contributed by atoms with van der Waals surface area (Å²) in [5, 5.41) is 2.57. The van der Waals surface area contributed by atoms with Gasteiger partial charge in [-0.25, -0.2) is 4.79 Å². The fraction of sp³-hybridized carbons (Fsp3) is 0.429. The van der Waals surface area contributed by atoms with E-state index in [1.165, 1.54) is 20.3 Å². The Balaban J connectivity index is 2.85. The van der Waals surface area contributed by atoms with Gasteiger partial charge in [-0.1, -0.05) is 0 Å². The van der Waals surface area contributed by atoms with Crippen LogP contribution in [-0.2, 0) is 9.53 Å². The van der Waals surface area contributed by atoms with Crippen molar-refractivity contribution in [3.8, 4) is 11.5 Å². The van der Waals surface area contributed by atoms with Crippen molar-refractivity contribution in [2.24, 2.45) is 0 Å². The Hall–Kier alpha value is -1.89. The summed E-state index contributed by atoms with van der Waals surface area (Å²) in [5.74, 6) is 0.177. The molecule has 0 radical (unpaired) electrons. The molecule has 7 heteroatoms. The minimum atomic E-state index is -0.797. The lowest BCUT2D eigenvalue weighted by atomic mass is 10.1.